The zero-order chi connectivity index (χ0) is 11.8. The molecule has 3 rings (SSSR count). The van der Waals surface area contributed by atoms with E-state index in [-0.39, 0.29) is 10.6 Å². The molecule has 1 aliphatic carbocycles. The van der Waals surface area contributed by atoms with E-state index in [0.717, 1.165) is 28.7 Å². The molecule has 2 aromatic rings. The molecule has 0 heterocycles. The number of fused-ring (bicyclic) bond motifs is 2. The molecule has 0 N–H and O–H groups in total. The minimum atomic E-state index is 0.137. The molecule has 0 bridgehead atoms. The van der Waals surface area contributed by atoms with E-state index in [4.69, 9.17) is 0 Å². The van der Waals surface area contributed by atoms with Crippen molar-refractivity contribution in [3.8, 4) is 0 Å². The third kappa shape index (κ3) is 1.73. The monoisotopic (exact) mass is 286 g/mol. The maximum atomic E-state index is 12.5. The average molecular weight is 287 g/mol. The number of hydrogen-bond donors (Lipinski definition) is 0. The summed E-state index contributed by atoms with van der Waals surface area (Å²) in [5.41, 5.74) is 3.87. The van der Waals surface area contributed by atoms with Crippen LogP contribution in [0.4, 0.5) is 0 Å². The fraction of sp³-hybridized carbons (Fsp3) is 0.133. The highest BCUT2D eigenvalue weighted by atomic mass is 79.9. The Morgan fingerprint density at radius 2 is 1.59 bits per heavy atom. The van der Waals surface area contributed by atoms with Crippen molar-refractivity contribution in [2.45, 2.75) is 11.2 Å². The van der Waals surface area contributed by atoms with Crippen molar-refractivity contribution in [3.05, 3.63) is 70.8 Å². The van der Waals surface area contributed by atoms with Crippen molar-refractivity contribution in [2.24, 2.45) is 0 Å². The van der Waals surface area contributed by atoms with E-state index in [2.05, 4.69) is 15.9 Å². The van der Waals surface area contributed by atoms with Crippen LogP contribution in [0.15, 0.2) is 48.5 Å². The number of halogens is 1. The van der Waals surface area contributed by atoms with Crippen molar-refractivity contribution in [1.29, 1.82) is 0 Å². The van der Waals surface area contributed by atoms with E-state index in [0.29, 0.717) is 0 Å². The molecule has 0 aliphatic heterocycles. The molecule has 0 fully saturated rings. The molecule has 84 valence electrons. The summed E-state index contributed by atoms with van der Waals surface area (Å²) < 4.78 is 0. The Morgan fingerprint density at radius 3 is 2.41 bits per heavy atom. The van der Waals surface area contributed by atoms with E-state index in [1.807, 2.05) is 48.5 Å². The number of hydrogen-bond acceptors (Lipinski definition) is 1. The van der Waals surface area contributed by atoms with Gasteiger partial charge in [0.1, 0.15) is 0 Å². The SMILES string of the molecule is O=C1c2ccccc2C[C@H](Br)c2ccccc21. The van der Waals surface area contributed by atoms with Crippen LogP contribution in [-0.4, -0.2) is 5.78 Å². The molecule has 0 aromatic heterocycles. The minimum absolute atomic E-state index is 0.137. The second-order valence-corrected chi connectivity index (χ2v) is 5.35. The van der Waals surface area contributed by atoms with Crippen LogP contribution in [0, 0.1) is 0 Å². The van der Waals surface area contributed by atoms with Crippen molar-refractivity contribution >= 4 is 21.7 Å². The van der Waals surface area contributed by atoms with Gasteiger partial charge in [0.2, 0.25) is 0 Å². The Labute approximate surface area is 109 Å². The van der Waals surface area contributed by atoms with Crippen molar-refractivity contribution in [1.82, 2.24) is 0 Å². The summed E-state index contributed by atoms with van der Waals surface area (Å²) in [6, 6.07) is 15.7. The number of rotatable bonds is 0. The van der Waals surface area contributed by atoms with Crippen LogP contribution in [0.1, 0.15) is 31.9 Å². The Morgan fingerprint density at radius 1 is 0.941 bits per heavy atom. The van der Waals surface area contributed by atoms with Gasteiger partial charge in [0, 0.05) is 16.0 Å². The first-order valence-corrected chi connectivity index (χ1v) is 6.54. The molecular weight excluding hydrogens is 276 g/mol. The van der Waals surface area contributed by atoms with Crippen LogP contribution in [-0.2, 0) is 6.42 Å². The molecule has 0 unspecified atom stereocenters. The molecule has 2 heteroatoms. The second-order valence-electron chi connectivity index (χ2n) is 4.25. The topological polar surface area (TPSA) is 17.1 Å². The van der Waals surface area contributed by atoms with Gasteiger partial charge in [0.25, 0.3) is 0 Å². The van der Waals surface area contributed by atoms with E-state index in [9.17, 15) is 4.79 Å². The Bertz CT molecular complexity index is 589. The molecule has 0 amide bonds. The van der Waals surface area contributed by atoms with Crippen LogP contribution in [0.3, 0.4) is 0 Å². The standard InChI is InChI=1S/C15H11BrO/c16-14-9-10-5-1-2-6-11(10)15(17)13-8-4-3-7-12(13)14/h1-8,14H,9H2/t14-/m0/s1. The van der Waals surface area contributed by atoms with E-state index in [1.54, 1.807) is 0 Å². The van der Waals surface area contributed by atoms with Gasteiger partial charge >= 0.3 is 0 Å². The van der Waals surface area contributed by atoms with Crippen LogP contribution < -0.4 is 0 Å². The summed E-state index contributed by atoms with van der Waals surface area (Å²) in [6.07, 6.45) is 0.860. The fourth-order valence-electron chi connectivity index (χ4n) is 2.34. The van der Waals surface area contributed by atoms with Crippen molar-refractivity contribution in [3.63, 3.8) is 0 Å². The highest BCUT2D eigenvalue weighted by Crippen LogP contribution is 2.35. The van der Waals surface area contributed by atoms with E-state index < -0.39 is 0 Å². The first-order valence-electron chi connectivity index (χ1n) is 5.63. The lowest BCUT2D eigenvalue weighted by Crippen LogP contribution is -2.03. The van der Waals surface area contributed by atoms with Gasteiger partial charge in [-0.25, -0.2) is 0 Å². The number of benzene rings is 2. The third-order valence-electron chi connectivity index (χ3n) is 3.20. The Kier molecular flexibility index (Phi) is 2.60. The van der Waals surface area contributed by atoms with Gasteiger partial charge in [0.05, 0.1) is 0 Å². The van der Waals surface area contributed by atoms with Gasteiger partial charge in [-0.3, -0.25) is 4.79 Å². The molecule has 1 nitrogen and oxygen atoms in total. The highest BCUT2D eigenvalue weighted by molar-refractivity contribution is 9.09. The molecule has 0 saturated carbocycles. The largest absolute Gasteiger partial charge is 0.289 e. The molecule has 0 saturated heterocycles. The molecular formula is C15H11BrO. The number of alkyl halides is 1. The molecule has 1 aliphatic rings. The quantitative estimate of drug-likeness (QED) is 0.671. The third-order valence-corrected chi connectivity index (χ3v) is 4.02. The van der Waals surface area contributed by atoms with Crippen LogP contribution in [0.25, 0.3) is 0 Å². The predicted molar refractivity (Wildman–Crippen MR) is 71.7 cm³/mol. The zero-order valence-corrected chi connectivity index (χ0v) is 10.8. The van der Waals surface area contributed by atoms with E-state index >= 15 is 0 Å². The van der Waals surface area contributed by atoms with Crippen LogP contribution in [0.2, 0.25) is 0 Å². The molecule has 0 spiro atoms. The highest BCUT2D eigenvalue weighted by Gasteiger charge is 2.24. The summed E-state index contributed by atoms with van der Waals surface area (Å²) in [4.78, 5) is 12.7. The summed E-state index contributed by atoms with van der Waals surface area (Å²) in [5.74, 6) is 0.137. The normalized spacial score (nSPS) is 18.2. The van der Waals surface area contributed by atoms with Gasteiger partial charge in [0.15, 0.2) is 5.78 Å². The molecule has 1 atom stereocenters. The number of ketones is 1. The van der Waals surface area contributed by atoms with E-state index in [1.165, 1.54) is 0 Å². The van der Waals surface area contributed by atoms with Gasteiger partial charge < -0.3 is 0 Å². The number of carbonyl (C=O) groups excluding carboxylic acids is 1. The van der Waals surface area contributed by atoms with Gasteiger partial charge in [-0.1, -0.05) is 64.5 Å². The molecule has 2 aromatic carbocycles. The fourth-order valence-corrected chi connectivity index (χ4v) is 3.09. The smallest absolute Gasteiger partial charge is 0.193 e. The lowest BCUT2D eigenvalue weighted by molar-refractivity contribution is 0.103. The van der Waals surface area contributed by atoms with Crippen molar-refractivity contribution in [2.75, 3.05) is 0 Å². The van der Waals surface area contributed by atoms with Crippen molar-refractivity contribution < 1.29 is 4.79 Å². The summed E-state index contributed by atoms with van der Waals surface area (Å²) in [5, 5.41) is 0. The average Bonchev–Trinajstić information content (AvgIpc) is 2.48. The summed E-state index contributed by atoms with van der Waals surface area (Å²) >= 11 is 3.68. The zero-order valence-electron chi connectivity index (χ0n) is 9.19. The predicted octanol–water partition coefficient (Wildman–Crippen LogP) is 3.91. The Hall–Kier alpha value is -1.41. The Balaban J connectivity index is 2.26. The van der Waals surface area contributed by atoms with Gasteiger partial charge in [-0.15, -0.1) is 0 Å². The lowest BCUT2D eigenvalue weighted by atomic mass is 9.99. The number of carbonyl (C=O) groups is 1. The maximum Gasteiger partial charge on any atom is 0.193 e. The molecule has 17 heavy (non-hydrogen) atoms. The van der Waals surface area contributed by atoms with Crippen LogP contribution >= 0.6 is 15.9 Å². The van der Waals surface area contributed by atoms with Gasteiger partial charge in [-0.05, 0) is 17.5 Å². The lowest BCUT2D eigenvalue weighted by Gasteiger charge is -2.09. The summed E-state index contributed by atoms with van der Waals surface area (Å²) in [7, 11) is 0. The van der Waals surface area contributed by atoms with Crippen LogP contribution in [0.5, 0.6) is 0 Å². The first kappa shape index (κ1) is 10.7. The summed E-state index contributed by atoms with van der Waals surface area (Å²) in [6.45, 7) is 0. The minimum Gasteiger partial charge on any atom is -0.289 e. The maximum absolute atomic E-state index is 12.5. The second kappa shape index (κ2) is 4.11. The first-order chi connectivity index (χ1) is 8.27. The van der Waals surface area contributed by atoms with Gasteiger partial charge in [-0.2, -0.15) is 0 Å². The molecule has 0 radical (unpaired) electrons.